The molecule has 7 heteroatoms. The lowest BCUT2D eigenvalue weighted by atomic mass is 10.1. The van der Waals surface area contributed by atoms with Crippen LogP contribution in [-0.2, 0) is 9.53 Å². The second kappa shape index (κ2) is 5.44. The second-order valence-corrected chi connectivity index (χ2v) is 5.54. The number of imide groups is 1. The molecule has 0 aromatic heterocycles. The van der Waals surface area contributed by atoms with Gasteiger partial charge in [0, 0.05) is 19.6 Å². The van der Waals surface area contributed by atoms with Crippen molar-refractivity contribution in [3.8, 4) is 0 Å². The standard InChI is InChI=1S/C12H21N3O4/c1-12(2)10(17)15(11(18)13-12)8-9(16)7-14-3-5-19-6-4-14/h9,16H,3-8H2,1-2H3,(H,13,18)/t9-/m1/s1. The third kappa shape index (κ3) is 3.23. The van der Waals surface area contributed by atoms with Crippen molar-refractivity contribution in [3.63, 3.8) is 0 Å². The van der Waals surface area contributed by atoms with Crippen molar-refractivity contribution < 1.29 is 19.4 Å². The number of nitrogens with one attached hydrogen (secondary N) is 1. The first-order valence-electron chi connectivity index (χ1n) is 6.52. The number of ether oxygens (including phenoxy) is 1. The van der Waals surface area contributed by atoms with Gasteiger partial charge in [0.25, 0.3) is 5.91 Å². The summed E-state index contributed by atoms with van der Waals surface area (Å²) >= 11 is 0. The van der Waals surface area contributed by atoms with Crippen LogP contribution < -0.4 is 5.32 Å². The third-order valence-corrected chi connectivity index (χ3v) is 3.41. The van der Waals surface area contributed by atoms with E-state index in [0.717, 1.165) is 18.0 Å². The van der Waals surface area contributed by atoms with Gasteiger partial charge in [-0.05, 0) is 13.8 Å². The first kappa shape index (κ1) is 14.2. The molecule has 7 nitrogen and oxygen atoms in total. The van der Waals surface area contributed by atoms with Crippen LogP contribution in [0.15, 0.2) is 0 Å². The van der Waals surface area contributed by atoms with Crippen LogP contribution in [0.3, 0.4) is 0 Å². The maximum Gasteiger partial charge on any atom is 0.325 e. The number of carbonyl (C=O) groups excluding carboxylic acids is 2. The fraction of sp³-hybridized carbons (Fsp3) is 0.833. The number of β-amino-alcohol motifs (C(OH)–C–C–N with tert-alkyl or cyclic N) is 1. The number of nitrogens with zero attached hydrogens (tertiary/aromatic N) is 2. The number of amides is 3. The van der Waals surface area contributed by atoms with E-state index < -0.39 is 17.7 Å². The molecule has 3 amide bonds. The van der Waals surface area contributed by atoms with Gasteiger partial charge >= 0.3 is 6.03 Å². The minimum absolute atomic E-state index is 0.0332. The number of rotatable bonds is 4. The molecule has 0 aromatic rings. The van der Waals surface area contributed by atoms with Gasteiger partial charge in [0.05, 0.1) is 25.9 Å². The van der Waals surface area contributed by atoms with Crippen LogP contribution in [-0.4, -0.2) is 77.9 Å². The van der Waals surface area contributed by atoms with Crippen LogP contribution in [0.1, 0.15) is 13.8 Å². The Morgan fingerprint density at radius 2 is 1.95 bits per heavy atom. The van der Waals surface area contributed by atoms with Crippen LogP contribution in [0, 0.1) is 0 Å². The van der Waals surface area contributed by atoms with Gasteiger partial charge in [-0.3, -0.25) is 14.6 Å². The zero-order valence-electron chi connectivity index (χ0n) is 11.4. The minimum atomic E-state index is -0.879. The van der Waals surface area contributed by atoms with E-state index in [1.54, 1.807) is 13.8 Å². The molecule has 0 aliphatic carbocycles. The van der Waals surface area contributed by atoms with Crippen LogP contribution >= 0.6 is 0 Å². The third-order valence-electron chi connectivity index (χ3n) is 3.41. The van der Waals surface area contributed by atoms with E-state index in [1.807, 2.05) is 0 Å². The molecule has 2 heterocycles. The van der Waals surface area contributed by atoms with Crippen LogP contribution in [0.5, 0.6) is 0 Å². The predicted octanol–water partition coefficient (Wildman–Crippen LogP) is -0.990. The molecule has 0 saturated carbocycles. The van der Waals surface area contributed by atoms with Crippen LogP contribution in [0.4, 0.5) is 4.79 Å². The molecular formula is C12H21N3O4. The normalized spacial score (nSPS) is 25.5. The van der Waals surface area contributed by atoms with Gasteiger partial charge < -0.3 is 15.2 Å². The smallest absolute Gasteiger partial charge is 0.325 e. The van der Waals surface area contributed by atoms with E-state index in [1.165, 1.54) is 0 Å². The van der Waals surface area contributed by atoms with Crippen LogP contribution in [0.2, 0.25) is 0 Å². The Hall–Kier alpha value is -1.18. The maximum atomic E-state index is 12.0. The van der Waals surface area contributed by atoms with Gasteiger partial charge in [0.2, 0.25) is 0 Å². The Morgan fingerprint density at radius 1 is 1.32 bits per heavy atom. The summed E-state index contributed by atoms with van der Waals surface area (Å²) in [6.07, 6.45) is -0.735. The molecule has 2 aliphatic rings. The maximum absolute atomic E-state index is 12.0. The number of hydrogen-bond acceptors (Lipinski definition) is 5. The lowest BCUT2D eigenvalue weighted by Crippen LogP contribution is -2.46. The van der Waals surface area contributed by atoms with Gasteiger partial charge in [-0.2, -0.15) is 0 Å². The summed E-state index contributed by atoms with van der Waals surface area (Å²) in [4.78, 5) is 26.8. The molecule has 0 radical (unpaired) electrons. The first-order chi connectivity index (χ1) is 8.90. The summed E-state index contributed by atoms with van der Waals surface area (Å²) in [5.41, 5.74) is -0.879. The highest BCUT2D eigenvalue weighted by Crippen LogP contribution is 2.16. The quantitative estimate of drug-likeness (QED) is 0.642. The highest BCUT2D eigenvalue weighted by Gasteiger charge is 2.44. The Balaban J connectivity index is 1.86. The van der Waals surface area contributed by atoms with Crippen molar-refractivity contribution in [3.05, 3.63) is 0 Å². The second-order valence-electron chi connectivity index (χ2n) is 5.54. The molecule has 2 saturated heterocycles. The Kier molecular flexibility index (Phi) is 4.07. The predicted molar refractivity (Wildman–Crippen MR) is 67.6 cm³/mol. The van der Waals surface area contributed by atoms with Crippen molar-refractivity contribution in [1.82, 2.24) is 15.1 Å². The van der Waals surface area contributed by atoms with Crippen LogP contribution in [0.25, 0.3) is 0 Å². The van der Waals surface area contributed by atoms with Crippen molar-refractivity contribution in [2.45, 2.75) is 25.5 Å². The van der Waals surface area contributed by atoms with E-state index in [4.69, 9.17) is 4.74 Å². The number of aliphatic hydroxyl groups is 1. The summed E-state index contributed by atoms with van der Waals surface area (Å²) in [6, 6.07) is -0.434. The minimum Gasteiger partial charge on any atom is -0.390 e. The largest absolute Gasteiger partial charge is 0.390 e. The number of morpholine rings is 1. The lowest BCUT2D eigenvalue weighted by Gasteiger charge is -2.29. The Morgan fingerprint density at radius 3 is 2.47 bits per heavy atom. The number of hydrogen-bond donors (Lipinski definition) is 2. The summed E-state index contributed by atoms with van der Waals surface area (Å²) in [5, 5.41) is 12.6. The molecule has 2 fully saturated rings. The molecule has 0 spiro atoms. The fourth-order valence-electron chi connectivity index (χ4n) is 2.33. The van der Waals surface area contributed by atoms with Gasteiger partial charge in [-0.15, -0.1) is 0 Å². The van der Waals surface area contributed by atoms with Crippen molar-refractivity contribution in [2.75, 3.05) is 39.4 Å². The molecule has 108 valence electrons. The van der Waals surface area contributed by atoms with Gasteiger partial charge in [-0.1, -0.05) is 0 Å². The van der Waals surface area contributed by atoms with Crippen molar-refractivity contribution >= 4 is 11.9 Å². The molecule has 1 atom stereocenters. The summed E-state index contributed by atoms with van der Waals surface area (Å²) in [7, 11) is 0. The van der Waals surface area contributed by atoms with Gasteiger partial charge in [-0.25, -0.2) is 4.79 Å². The van der Waals surface area contributed by atoms with Crippen molar-refractivity contribution in [2.24, 2.45) is 0 Å². The SMILES string of the molecule is CC1(C)NC(=O)N(C[C@H](O)CN2CCOCC2)C1=O. The topological polar surface area (TPSA) is 82.1 Å². The molecule has 2 N–H and O–H groups in total. The fourth-order valence-corrected chi connectivity index (χ4v) is 2.33. The van der Waals surface area contributed by atoms with Gasteiger partial charge in [0.15, 0.2) is 0 Å². The molecule has 2 aliphatic heterocycles. The molecule has 0 aromatic carbocycles. The first-order valence-corrected chi connectivity index (χ1v) is 6.52. The lowest BCUT2D eigenvalue weighted by molar-refractivity contribution is -0.131. The number of urea groups is 1. The Labute approximate surface area is 112 Å². The van der Waals surface area contributed by atoms with E-state index in [9.17, 15) is 14.7 Å². The zero-order chi connectivity index (χ0) is 14.0. The molecular weight excluding hydrogens is 250 g/mol. The zero-order valence-corrected chi connectivity index (χ0v) is 11.4. The Bertz CT molecular complexity index is 366. The average molecular weight is 271 g/mol. The van der Waals surface area contributed by atoms with Crippen molar-refractivity contribution in [1.29, 1.82) is 0 Å². The molecule has 0 unspecified atom stereocenters. The number of aliphatic hydroxyl groups excluding tert-OH is 1. The highest BCUT2D eigenvalue weighted by atomic mass is 16.5. The average Bonchev–Trinajstić information content (AvgIpc) is 2.53. The molecule has 0 bridgehead atoms. The summed E-state index contributed by atoms with van der Waals surface area (Å²) < 4.78 is 5.22. The summed E-state index contributed by atoms with van der Waals surface area (Å²) in [6.45, 7) is 6.63. The van der Waals surface area contributed by atoms with E-state index >= 15 is 0 Å². The molecule has 19 heavy (non-hydrogen) atoms. The molecule has 2 rings (SSSR count). The van der Waals surface area contributed by atoms with E-state index in [2.05, 4.69) is 10.2 Å². The summed E-state index contributed by atoms with van der Waals surface area (Å²) in [5.74, 6) is -0.293. The van der Waals surface area contributed by atoms with E-state index in [-0.39, 0.29) is 12.5 Å². The highest BCUT2D eigenvalue weighted by molar-refractivity contribution is 6.06. The number of carbonyl (C=O) groups is 2. The van der Waals surface area contributed by atoms with Gasteiger partial charge in [0.1, 0.15) is 5.54 Å². The van der Waals surface area contributed by atoms with E-state index in [0.29, 0.717) is 19.8 Å². The monoisotopic (exact) mass is 271 g/mol.